The molecule has 27 heavy (non-hydrogen) atoms. The average Bonchev–Trinajstić information content (AvgIpc) is 3.18. The molecule has 0 fully saturated rings. The molecule has 0 amide bonds. The van der Waals surface area contributed by atoms with E-state index >= 15 is 0 Å². The summed E-state index contributed by atoms with van der Waals surface area (Å²) in [7, 11) is 0. The van der Waals surface area contributed by atoms with Crippen LogP contribution < -0.4 is 5.56 Å². The van der Waals surface area contributed by atoms with Gasteiger partial charge in [0.2, 0.25) is 0 Å². The Morgan fingerprint density at radius 1 is 0.963 bits per heavy atom. The fourth-order valence-corrected chi connectivity index (χ4v) is 3.48. The van der Waals surface area contributed by atoms with Gasteiger partial charge in [-0.25, -0.2) is 9.97 Å². The van der Waals surface area contributed by atoms with Gasteiger partial charge >= 0.3 is 0 Å². The Hall–Kier alpha value is -3.60. The van der Waals surface area contributed by atoms with Crippen molar-refractivity contribution in [2.75, 3.05) is 0 Å². The third kappa shape index (κ3) is 2.83. The van der Waals surface area contributed by atoms with Crippen molar-refractivity contribution in [2.45, 2.75) is 13.0 Å². The predicted octanol–water partition coefficient (Wildman–Crippen LogP) is 3.47. The second kappa shape index (κ2) is 6.29. The van der Waals surface area contributed by atoms with Gasteiger partial charge < -0.3 is 0 Å². The quantitative estimate of drug-likeness (QED) is 0.566. The standard InChI is InChI=1S/C22H16N4O/c27-21-13-25-22-20(8-3-9-23-22)26(21)14-15-4-1-5-16(10-15)18-11-17-6-2-7-19(17)24-12-18/h1-6,8-13H,7,14H2. The lowest BCUT2D eigenvalue weighted by Gasteiger charge is -2.11. The molecule has 0 radical (unpaired) electrons. The van der Waals surface area contributed by atoms with Gasteiger partial charge in [0.15, 0.2) is 5.65 Å². The first kappa shape index (κ1) is 15.6. The van der Waals surface area contributed by atoms with E-state index < -0.39 is 0 Å². The highest BCUT2D eigenvalue weighted by Crippen LogP contribution is 2.26. The highest BCUT2D eigenvalue weighted by atomic mass is 16.1. The molecule has 1 aliphatic carbocycles. The summed E-state index contributed by atoms with van der Waals surface area (Å²) in [5.74, 6) is 0. The van der Waals surface area contributed by atoms with Crippen molar-refractivity contribution in [2.24, 2.45) is 0 Å². The van der Waals surface area contributed by atoms with Crippen molar-refractivity contribution in [3.63, 3.8) is 0 Å². The normalized spacial score (nSPS) is 12.4. The summed E-state index contributed by atoms with van der Waals surface area (Å²) in [6.07, 6.45) is 10.1. The smallest absolute Gasteiger partial charge is 0.269 e. The molecule has 0 bridgehead atoms. The van der Waals surface area contributed by atoms with Gasteiger partial charge in [-0.2, -0.15) is 0 Å². The molecule has 4 aromatic rings. The number of benzene rings is 1. The second-order valence-corrected chi connectivity index (χ2v) is 6.60. The van der Waals surface area contributed by atoms with E-state index in [2.05, 4.69) is 45.3 Å². The van der Waals surface area contributed by atoms with E-state index in [1.165, 1.54) is 11.8 Å². The maximum atomic E-state index is 12.4. The molecule has 0 N–H and O–H groups in total. The minimum Gasteiger partial charge on any atom is -0.300 e. The molecule has 0 atom stereocenters. The van der Waals surface area contributed by atoms with E-state index in [9.17, 15) is 4.79 Å². The first-order valence-corrected chi connectivity index (χ1v) is 8.83. The van der Waals surface area contributed by atoms with Gasteiger partial charge in [0.1, 0.15) is 0 Å². The molecular formula is C22H16N4O. The minimum absolute atomic E-state index is 0.134. The summed E-state index contributed by atoms with van der Waals surface area (Å²) in [5.41, 5.74) is 6.69. The lowest BCUT2D eigenvalue weighted by molar-refractivity contribution is 0.784. The zero-order valence-electron chi connectivity index (χ0n) is 14.5. The average molecular weight is 352 g/mol. The van der Waals surface area contributed by atoms with Crippen LogP contribution in [0.1, 0.15) is 16.8 Å². The number of fused-ring (bicyclic) bond motifs is 2. The van der Waals surface area contributed by atoms with Crippen molar-refractivity contribution < 1.29 is 0 Å². The Balaban J connectivity index is 1.55. The summed E-state index contributed by atoms with van der Waals surface area (Å²) < 4.78 is 1.71. The Morgan fingerprint density at radius 2 is 1.93 bits per heavy atom. The zero-order chi connectivity index (χ0) is 18.2. The highest BCUT2D eigenvalue weighted by Gasteiger charge is 2.10. The van der Waals surface area contributed by atoms with Crippen LogP contribution in [0.5, 0.6) is 0 Å². The number of hydrogen-bond acceptors (Lipinski definition) is 4. The van der Waals surface area contributed by atoms with Crippen LogP contribution in [0.2, 0.25) is 0 Å². The Labute approximate surface area is 155 Å². The summed E-state index contributed by atoms with van der Waals surface area (Å²) in [6.45, 7) is 0.468. The van der Waals surface area contributed by atoms with Gasteiger partial charge in [-0.05, 0) is 41.0 Å². The molecule has 5 heteroatoms. The summed E-state index contributed by atoms with van der Waals surface area (Å²) in [6, 6.07) is 14.1. The van der Waals surface area contributed by atoms with Crippen molar-refractivity contribution in [3.05, 3.63) is 94.3 Å². The number of allylic oxidation sites excluding steroid dienone is 1. The number of hydrogen-bond donors (Lipinski definition) is 0. The maximum Gasteiger partial charge on any atom is 0.269 e. The number of rotatable bonds is 3. The maximum absolute atomic E-state index is 12.4. The first-order chi connectivity index (χ1) is 13.3. The van der Waals surface area contributed by atoms with E-state index in [4.69, 9.17) is 0 Å². The lowest BCUT2D eigenvalue weighted by Crippen LogP contribution is -2.21. The van der Waals surface area contributed by atoms with Crippen molar-refractivity contribution in [1.29, 1.82) is 0 Å². The summed E-state index contributed by atoms with van der Waals surface area (Å²) >= 11 is 0. The van der Waals surface area contributed by atoms with E-state index in [-0.39, 0.29) is 5.56 Å². The van der Waals surface area contributed by atoms with Gasteiger partial charge in [0.25, 0.3) is 5.56 Å². The topological polar surface area (TPSA) is 60.7 Å². The third-order valence-corrected chi connectivity index (χ3v) is 4.83. The molecule has 5 rings (SSSR count). The SMILES string of the molecule is O=c1cnc2ncccc2n1Cc1cccc(-c2cnc3c(c2)C=CC3)c1. The molecule has 0 unspecified atom stereocenters. The lowest BCUT2D eigenvalue weighted by atomic mass is 10.0. The molecule has 3 aromatic heterocycles. The fraction of sp³-hybridized carbons (Fsp3) is 0.0909. The molecule has 130 valence electrons. The van der Waals surface area contributed by atoms with Crippen LogP contribution in [0, 0.1) is 0 Å². The number of pyridine rings is 2. The number of nitrogens with zero attached hydrogens (tertiary/aromatic N) is 4. The van der Waals surface area contributed by atoms with Crippen LogP contribution in [0.3, 0.4) is 0 Å². The van der Waals surface area contributed by atoms with Crippen LogP contribution in [0.25, 0.3) is 28.4 Å². The van der Waals surface area contributed by atoms with Crippen LogP contribution in [0.4, 0.5) is 0 Å². The molecule has 5 nitrogen and oxygen atoms in total. The first-order valence-electron chi connectivity index (χ1n) is 8.83. The second-order valence-electron chi connectivity index (χ2n) is 6.60. The van der Waals surface area contributed by atoms with Gasteiger partial charge in [-0.3, -0.25) is 14.3 Å². The van der Waals surface area contributed by atoms with E-state index in [0.29, 0.717) is 12.2 Å². The Kier molecular flexibility index (Phi) is 3.64. The summed E-state index contributed by atoms with van der Waals surface area (Å²) in [4.78, 5) is 25.3. The van der Waals surface area contributed by atoms with Gasteiger partial charge in [-0.15, -0.1) is 0 Å². The van der Waals surface area contributed by atoms with Crippen molar-refractivity contribution >= 4 is 17.2 Å². The third-order valence-electron chi connectivity index (χ3n) is 4.83. The van der Waals surface area contributed by atoms with Crippen molar-refractivity contribution in [3.8, 4) is 11.1 Å². The predicted molar refractivity (Wildman–Crippen MR) is 105 cm³/mol. The fourth-order valence-electron chi connectivity index (χ4n) is 3.48. The Bertz CT molecular complexity index is 1260. The monoisotopic (exact) mass is 352 g/mol. The summed E-state index contributed by atoms with van der Waals surface area (Å²) in [5, 5.41) is 0. The largest absolute Gasteiger partial charge is 0.300 e. The molecule has 0 saturated heterocycles. The van der Waals surface area contributed by atoms with Crippen molar-refractivity contribution in [1.82, 2.24) is 19.5 Å². The van der Waals surface area contributed by atoms with E-state index in [0.717, 1.165) is 34.3 Å². The van der Waals surface area contributed by atoms with Crippen LogP contribution >= 0.6 is 0 Å². The van der Waals surface area contributed by atoms with Gasteiger partial charge in [0.05, 0.1) is 24.0 Å². The highest BCUT2D eigenvalue weighted by molar-refractivity contribution is 5.71. The van der Waals surface area contributed by atoms with E-state index in [1.807, 2.05) is 30.5 Å². The number of aromatic nitrogens is 4. The Morgan fingerprint density at radius 3 is 2.89 bits per heavy atom. The van der Waals surface area contributed by atoms with Crippen LogP contribution in [0.15, 0.2) is 71.9 Å². The molecule has 0 saturated carbocycles. The van der Waals surface area contributed by atoms with Gasteiger partial charge in [0, 0.05) is 24.4 Å². The van der Waals surface area contributed by atoms with Crippen LogP contribution in [-0.4, -0.2) is 19.5 Å². The van der Waals surface area contributed by atoms with Gasteiger partial charge in [-0.1, -0.05) is 30.4 Å². The van der Waals surface area contributed by atoms with Crippen LogP contribution in [-0.2, 0) is 13.0 Å². The molecule has 0 aliphatic heterocycles. The molecule has 1 aromatic carbocycles. The van der Waals surface area contributed by atoms with E-state index in [1.54, 1.807) is 10.8 Å². The molecule has 0 spiro atoms. The molecule has 3 heterocycles. The molecular weight excluding hydrogens is 336 g/mol. The molecule has 1 aliphatic rings. The zero-order valence-corrected chi connectivity index (χ0v) is 14.5. The minimum atomic E-state index is -0.134.